The molecule has 0 aromatic heterocycles. The van der Waals surface area contributed by atoms with Gasteiger partial charge in [-0.05, 0) is 32.1 Å². The Hall–Kier alpha value is -2.69. The van der Waals surface area contributed by atoms with Crippen LogP contribution in [0.2, 0.25) is 0 Å². The number of carboxylic acid groups (broad SMARTS) is 1. The van der Waals surface area contributed by atoms with E-state index in [4.69, 9.17) is 11.5 Å². The maximum Gasteiger partial charge on any atom is 0.326 e. The largest absolute Gasteiger partial charge is 0.480 e. The van der Waals surface area contributed by atoms with Crippen molar-refractivity contribution in [3.63, 3.8) is 0 Å². The summed E-state index contributed by atoms with van der Waals surface area (Å²) in [6.45, 7) is 5.39. The number of likely N-dealkylation sites (tertiary alicyclic amines) is 1. The summed E-state index contributed by atoms with van der Waals surface area (Å²) in [6, 6.07) is -3.78. The van der Waals surface area contributed by atoms with E-state index in [9.17, 15) is 29.1 Å². The first-order valence-electron chi connectivity index (χ1n) is 9.63. The van der Waals surface area contributed by atoms with Crippen molar-refractivity contribution in [1.29, 1.82) is 0 Å². The highest BCUT2D eigenvalue weighted by atomic mass is 16.4. The fourth-order valence-corrected chi connectivity index (χ4v) is 3.04. The molecule has 4 unspecified atom stereocenters. The van der Waals surface area contributed by atoms with Gasteiger partial charge in [-0.15, -0.1) is 0 Å². The number of nitrogens with zero attached hydrogens (tertiary/aromatic N) is 1. The zero-order valence-electron chi connectivity index (χ0n) is 17.0. The fraction of sp³-hybridized carbons (Fsp3) is 0.722. The van der Waals surface area contributed by atoms with Crippen LogP contribution in [0.1, 0.15) is 46.5 Å². The molecule has 1 saturated heterocycles. The zero-order chi connectivity index (χ0) is 22.3. The maximum absolute atomic E-state index is 12.7. The van der Waals surface area contributed by atoms with Gasteiger partial charge in [0.25, 0.3) is 0 Å². The van der Waals surface area contributed by atoms with Crippen LogP contribution in [0, 0.1) is 5.92 Å². The van der Waals surface area contributed by atoms with Crippen LogP contribution in [0.3, 0.4) is 0 Å². The molecular weight excluding hydrogens is 382 g/mol. The summed E-state index contributed by atoms with van der Waals surface area (Å²) in [5.41, 5.74) is 10.8. The third-order valence-electron chi connectivity index (χ3n) is 4.88. The standard InChI is InChI=1S/C18H31N5O6/c1-9(2)14(20)16(26)21-10(3)17(27)23-8-4-5-12(23)15(25)22-11(18(28)29)6-7-13(19)24/h9-12,14H,4-8,20H2,1-3H3,(H2,19,24)(H,21,26)(H,22,25)(H,28,29). The summed E-state index contributed by atoms with van der Waals surface area (Å²) in [4.78, 5) is 60.9. The lowest BCUT2D eigenvalue weighted by Crippen LogP contribution is -2.56. The molecule has 11 heteroatoms. The van der Waals surface area contributed by atoms with Crippen molar-refractivity contribution in [3.8, 4) is 0 Å². The SMILES string of the molecule is CC(NC(=O)C(N)C(C)C)C(=O)N1CCCC1C(=O)NC(CCC(N)=O)C(=O)O. The highest BCUT2D eigenvalue weighted by molar-refractivity contribution is 5.94. The number of carbonyl (C=O) groups excluding carboxylic acids is 4. The van der Waals surface area contributed by atoms with E-state index in [0.717, 1.165) is 0 Å². The summed E-state index contributed by atoms with van der Waals surface area (Å²) in [5.74, 6) is -3.60. The van der Waals surface area contributed by atoms with E-state index < -0.39 is 53.8 Å². The van der Waals surface area contributed by atoms with Gasteiger partial charge in [-0.3, -0.25) is 19.2 Å². The van der Waals surface area contributed by atoms with Crippen molar-refractivity contribution in [2.24, 2.45) is 17.4 Å². The van der Waals surface area contributed by atoms with Gasteiger partial charge in [0.05, 0.1) is 6.04 Å². The van der Waals surface area contributed by atoms with Gasteiger partial charge in [0.2, 0.25) is 23.6 Å². The molecule has 1 heterocycles. The molecule has 1 rings (SSSR count). The fourth-order valence-electron chi connectivity index (χ4n) is 3.04. The molecule has 1 aliphatic heterocycles. The molecule has 0 saturated carbocycles. The van der Waals surface area contributed by atoms with E-state index in [1.807, 2.05) is 0 Å². The van der Waals surface area contributed by atoms with Crippen LogP contribution in [0.25, 0.3) is 0 Å². The summed E-state index contributed by atoms with van der Waals surface area (Å²) < 4.78 is 0. The highest BCUT2D eigenvalue weighted by Crippen LogP contribution is 2.19. The molecule has 1 fully saturated rings. The van der Waals surface area contributed by atoms with E-state index in [1.165, 1.54) is 11.8 Å². The molecule has 0 spiro atoms. The normalized spacial score (nSPS) is 19.3. The average Bonchev–Trinajstić information content (AvgIpc) is 3.12. The molecule has 0 aliphatic carbocycles. The van der Waals surface area contributed by atoms with Gasteiger partial charge in [0.15, 0.2) is 0 Å². The Kier molecular flexibility index (Phi) is 9.02. The van der Waals surface area contributed by atoms with Crippen molar-refractivity contribution in [3.05, 3.63) is 0 Å². The molecular formula is C18H31N5O6. The molecule has 1 aliphatic rings. The van der Waals surface area contributed by atoms with E-state index in [1.54, 1.807) is 13.8 Å². The zero-order valence-corrected chi connectivity index (χ0v) is 17.0. The molecule has 164 valence electrons. The minimum Gasteiger partial charge on any atom is -0.480 e. The maximum atomic E-state index is 12.7. The highest BCUT2D eigenvalue weighted by Gasteiger charge is 2.38. The van der Waals surface area contributed by atoms with E-state index in [2.05, 4.69) is 10.6 Å². The van der Waals surface area contributed by atoms with Crippen LogP contribution in [0.4, 0.5) is 0 Å². The predicted octanol–water partition coefficient (Wildman–Crippen LogP) is -1.70. The second kappa shape index (κ2) is 10.7. The lowest BCUT2D eigenvalue weighted by atomic mass is 10.0. The predicted molar refractivity (Wildman–Crippen MR) is 103 cm³/mol. The number of hydrogen-bond acceptors (Lipinski definition) is 6. The molecule has 29 heavy (non-hydrogen) atoms. The average molecular weight is 413 g/mol. The van der Waals surface area contributed by atoms with Gasteiger partial charge < -0.3 is 32.1 Å². The van der Waals surface area contributed by atoms with Gasteiger partial charge in [-0.25, -0.2) is 4.79 Å². The molecule has 0 bridgehead atoms. The Morgan fingerprint density at radius 1 is 1.14 bits per heavy atom. The number of hydrogen-bond donors (Lipinski definition) is 5. The van der Waals surface area contributed by atoms with Crippen LogP contribution < -0.4 is 22.1 Å². The minimum atomic E-state index is -1.29. The second-order valence-corrected chi connectivity index (χ2v) is 7.59. The molecule has 0 aromatic carbocycles. The number of carbonyl (C=O) groups is 5. The van der Waals surface area contributed by atoms with Crippen molar-refractivity contribution < 1.29 is 29.1 Å². The smallest absolute Gasteiger partial charge is 0.326 e. The van der Waals surface area contributed by atoms with Gasteiger partial charge in [0.1, 0.15) is 18.1 Å². The van der Waals surface area contributed by atoms with Crippen LogP contribution in [0.5, 0.6) is 0 Å². The number of nitrogens with one attached hydrogen (secondary N) is 2. The molecule has 0 aromatic rings. The quantitative estimate of drug-likeness (QED) is 0.282. The second-order valence-electron chi connectivity index (χ2n) is 7.59. The van der Waals surface area contributed by atoms with Gasteiger partial charge in [0, 0.05) is 13.0 Å². The van der Waals surface area contributed by atoms with Gasteiger partial charge in [-0.1, -0.05) is 13.8 Å². The molecule has 0 radical (unpaired) electrons. The Labute approximate surface area is 169 Å². The number of primary amides is 1. The lowest BCUT2D eigenvalue weighted by molar-refractivity contribution is -0.145. The molecule has 4 atom stereocenters. The van der Waals surface area contributed by atoms with Crippen molar-refractivity contribution in [2.45, 2.75) is 70.6 Å². The number of rotatable bonds is 10. The van der Waals surface area contributed by atoms with Crippen LogP contribution in [-0.2, 0) is 24.0 Å². The van der Waals surface area contributed by atoms with Crippen molar-refractivity contribution >= 4 is 29.6 Å². The first-order chi connectivity index (χ1) is 13.5. The van der Waals surface area contributed by atoms with Crippen molar-refractivity contribution in [1.82, 2.24) is 15.5 Å². The first-order valence-corrected chi connectivity index (χ1v) is 9.63. The summed E-state index contributed by atoms with van der Waals surface area (Å²) in [6.07, 6.45) is 0.598. The Balaban J connectivity index is 2.76. The van der Waals surface area contributed by atoms with Crippen LogP contribution >= 0.6 is 0 Å². The number of aliphatic carboxylic acids is 1. The van der Waals surface area contributed by atoms with Gasteiger partial charge >= 0.3 is 5.97 Å². The summed E-state index contributed by atoms with van der Waals surface area (Å²) >= 11 is 0. The molecule has 7 N–H and O–H groups in total. The first kappa shape index (κ1) is 24.3. The molecule has 11 nitrogen and oxygen atoms in total. The van der Waals surface area contributed by atoms with Gasteiger partial charge in [-0.2, -0.15) is 0 Å². The van der Waals surface area contributed by atoms with Crippen LogP contribution in [0.15, 0.2) is 0 Å². The van der Waals surface area contributed by atoms with E-state index in [-0.39, 0.29) is 18.8 Å². The van der Waals surface area contributed by atoms with Crippen molar-refractivity contribution in [2.75, 3.05) is 6.54 Å². The summed E-state index contributed by atoms with van der Waals surface area (Å²) in [7, 11) is 0. The minimum absolute atomic E-state index is 0.101. The Morgan fingerprint density at radius 3 is 2.28 bits per heavy atom. The topological polar surface area (TPSA) is 185 Å². The number of carboxylic acids is 1. The number of amides is 4. The Morgan fingerprint density at radius 2 is 1.76 bits per heavy atom. The monoisotopic (exact) mass is 413 g/mol. The van der Waals surface area contributed by atoms with E-state index >= 15 is 0 Å². The lowest BCUT2D eigenvalue weighted by Gasteiger charge is -2.28. The summed E-state index contributed by atoms with van der Waals surface area (Å²) in [5, 5.41) is 14.2. The third-order valence-corrected chi connectivity index (χ3v) is 4.88. The molecule has 4 amide bonds. The van der Waals surface area contributed by atoms with Crippen LogP contribution in [-0.4, -0.2) is 70.3 Å². The number of nitrogens with two attached hydrogens (primary N) is 2. The Bertz CT molecular complexity index is 653. The third kappa shape index (κ3) is 7.00. The van der Waals surface area contributed by atoms with E-state index in [0.29, 0.717) is 19.4 Å².